The highest BCUT2D eigenvalue weighted by Crippen LogP contribution is 2.19. The van der Waals surface area contributed by atoms with E-state index in [1.165, 1.54) is 13.3 Å². The lowest BCUT2D eigenvalue weighted by Gasteiger charge is -2.15. The molecule has 3 heterocycles. The van der Waals surface area contributed by atoms with Crippen molar-refractivity contribution in [2.24, 2.45) is 0 Å². The van der Waals surface area contributed by atoms with Gasteiger partial charge in [-0.1, -0.05) is 5.16 Å². The van der Waals surface area contributed by atoms with Crippen molar-refractivity contribution in [2.45, 2.75) is 6.54 Å². The molecule has 0 aliphatic rings. The molecule has 3 aromatic heterocycles. The molecule has 7 nitrogen and oxygen atoms in total. The third-order valence-corrected chi connectivity index (χ3v) is 3.47. The first-order chi connectivity index (χ1) is 11.7. The first-order valence-electron chi connectivity index (χ1n) is 7.29. The van der Waals surface area contributed by atoms with Crippen LogP contribution in [-0.2, 0) is 6.54 Å². The largest absolute Gasteiger partial charge is 0.481 e. The second-order valence-corrected chi connectivity index (χ2v) is 5.16. The smallest absolute Gasteiger partial charge is 0.254 e. The maximum absolute atomic E-state index is 12.5. The van der Waals surface area contributed by atoms with Crippen LogP contribution in [0.4, 0.5) is 0 Å². The Morgan fingerprint density at radius 2 is 2.00 bits per heavy atom. The number of aromatic nitrogens is 3. The first kappa shape index (κ1) is 15.7. The Morgan fingerprint density at radius 1 is 1.21 bits per heavy atom. The van der Waals surface area contributed by atoms with Gasteiger partial charge >= 0.3 is 0 Å². The second kappa shape index (κ2) is 6.91. The number of ether oxygens (including phenoxy) is 1. The fraction of sp³-hybridized carbons (Fsp3) is 0.176. The first-order valence-corrected chi connectivity index (χ1v) is 7.29. The molecule has 24 heavy (non-hydrogen) atoms. The molecule has 0 saturated carbocycles. The maximum atomic E-state index is 12.5. The zero-order chi connectivity index (χ0) is 16.9. The van der Waals surface area contributed by atoms with E-state index in [0.717, 1.165) is 5.56 Å². The van der Waals surface area contributed by atoms with Gasteiger partial charge in [0.1, 0.15) is 5.69 Å². The number of carbonyl (C=O) groups is 1. The van der Waals surface area contributed by atoms with Crippen LogP contribution < -0.4 is 4.74 Å². The molecule has 3 rings (SSSR count). The average Bonchev–Trinajstić information content (AvgIpc) is 3.10. The molecule has 0 saturated heterocycles. The van der Waals surface area contributed by atoms with Crippen LogP contribution in [0.2, 0.25) is 0 Å². The summed E-state index contributed by atoms with van der Waals surface area (Å²) in [4.78, 5) is 22.0. The third-order valence-electron chi connectivity index (χ3n) is 3.47. The summed E-state index contributed by atoms with van der Waals surface area (Å²) in [6, 6.07) is 8.75. The predicted molar refractivity (Wildman–Crippen MR) is 86.3 cm³/mol. The molecule has 7 heteroatoms. The fourth-order valence-corrected chi connectivity index (χ4v) is 2.23. The summed E-state index contributed by atoms with van der Waals surface area (Å²) in [6.45, 7) is 0.307. The van der Waals surface area contributed by atoms with Crippen LogP contribution in [0.5, 0.6) is 5.88 Å². The van der Waals surface area contributed by atoms with Crippen LogP contribution >= 0.6 is 0 Å². The molecule has 0 atom stereocenters. The molecule has 122 valence electrons. The van der Waals surface area contributed by atoms with Gasteiger partial charge in [0, 0.05) is 48.9 Å². The number of pyridine rings is 2. The summed E-state index contributed by atoms with van der Waals surface area (Å²) < 4.78 is 10.4. The summed E-state index contributed by atoms with van der Waals surface area (Å²) in [7, 11) is 3.21. The van der Waals surface area contributed by atoms with E-state index in [0.29, 0.717) is 29.4 Å². The average molecular weight is 324 g/mol. The van der Waals surface area contributed by atoms with E-state index in [-0.39, 0.29) is 5.91 Å². The lowest BCUT2D eigenvalue weighted by molar-refractivity contribution is 0.0771. The van der Waals surface area contributed by atoms with E-state index < -0.39 is 0 Å². The van der Waals surface area contributed by atoms with Gasteiger partial charge in [-0.3, -0.25) is 9.78 Å². The number of carbonyl (C=O) groups excluding carboxylic acids is 1. The Kier molecular flexibility index (Phi) is 4.51. The SMILES string of the molecule is COc1cc(C(=O)N(C)Cc2cc(-c3ccncc3)no2)ccn1. The summed E-state index contributed by atoms with van der Waals surface area (Å²) >= 11 is 0. The second-order valence-electron chi connectivity index (χ2n) is 5.16. The van der Waals surface area contributed by atoms with Crippen molar-refractivity contribution in [1.29, 1.82) is 0 Å². The van der Waals surface area contributed by atoms with Crippen LogP contribution in [0.3, 0.4) is 0 Å². The molecule has 0 unspecified atom stereocenters. The van der Waals surface area contributed by atoms with Crippen LogP contribution in [0, 0.1) is 0 Å². The molecule has 3 aromatic rings. The highest BCUT2D eigenvalue weighted by atomic mass is 16.5. The standard InChI is InChI=1S/C17H16N4O3/c1-21(17(22)13-5-8-19-16(9-13)23-2)11-14-10-15(20-24-14)12-3-6-18-7-4-12/h3-10H,11H2,1-2H3. The van der Waals surface area contributed by atoms with E-state index in [2.05, 4.69) is 15.1 Å². The Bertz CT molecular complexity index is 833. The number of hydrogen-bond acceptors (Lipinski definition) is 6. The van der Waals surface area contributed by atoms with Crippen molar-refractivity contribution in [3.63, 3.8) is 0 Å². The number of hydrogen-bond donors (Lipinski definition) is 0. The number of rotatable bonds is 5. The van der Waals surface area contributed by atoms with Crippen LogP contribution in [0.25, 0.3) is 11.3 Å². The van der Waals surface area contributed by atoms with Gasteiger partial charge in [-0.15, -0.1) is 0 Å². The molecule has 0 N–H and O–H groups in total. The van der Waals surface area contributed by atoms with Crippen molar-refractivity contribution in [3.8, 4) is 17.1 Å². The zero-order valence-electron chi connectivity index (χ0n) is 13.3. The molecular weight excluding hydrogens is 308 g/mol. The molecule has 0 radical (unpaired) electrons. The quantitative estimate of drug-likeness (QED) is 0.717. The lowest BCUT2D eigenvalue weighted by atomic mass is 10.2. The normalized spacial score (nSPS) is 10.4. The lowest BCUT2D eigenvalue weighted by Crippen LogP contribution is -2.26. The van der Waals surface area contributed by atoms with E-state index >= 15 is 0 Å². The minimum absolute atomic E-state index is 0.155. The Balaban J connectivity index is 1.71. The Morgan fingerprint density at radius 3 is 2.75 bits per heavy atom. The van der Waals surface area contributed by atoms with Gasteiger partial charge in [0.05, 0.1) is 13.7 Å². The van der Waals surface area contributed by atoms with Gasteiger partial charge in [-0.25, -0.2) is 4.98 Å². The number of nitrogens with zero attached hydrogens (tertiary/aromatic N) is 4. The summed E-state index contributed by atoms with van der Waals surface area (Å²) in [5.41, 5.74) is 2.12. The molecule has 0 aliphatic carbocycles. The highest BCUT2D eigenvalue weighted by Gasteiger charge is 2.16. The van der Waals surface area contributed by atoms with Crippen molar-refractivity contribution in [1.82, 2.24) is 20.0 Å². The van der Waals surface area contributed by atoms with Gasteiger partial charge in [-0.2, -0.15) is 0 Å². The molecule has 0 aliphatic heterocycles. The van der Waals surface area contributed by atoms with Gasteiger partial charge < -0.3 is 14.2 Å². The van der Waals surface area contributed by atoms with Crippen LogP contribution in [-0.4, -0.2) is 40.1 Å². The molecular formula is C17H16N4O3. The number of methoxy groups -OCH3 is 1. The molecule has 0 aromatic carbocycles. The van der Waals surface area contributed by atoms with Gasteiger partial charge in [0.25, 0.3) is 5.91 Å². The summed E-state index contributed by atoms with van der Waals surface area (Å²) in [6.07, 6.45) is 4.92. The van der Waals surface area contributed by atoms with E-state index in [1.807, 2.05) is 18.2 Å². The fourth-order valence-electron chi connectivity index (χ4n) is 2.23. The van der Waals surface area contributed by atoms with Gasteiger partial charge in [0.15, 0.2) is 5.76 Å². The van der Waals surface area contributed by atoms with Crippen molar-refractivity contribution < 1.29 is 14.1 Å². The summed E-state index contributed by atoms with van der Waals surface area (Å²) in [5, 5.41) is 4.03. The zero-order valence-corrected chi connectivity index (χ0v) is 13.3. The van der Waals surface area contributed by atoms with Crippen molar-refractivity contribution in [2.75, 3.05) is 14.2 Å². The van der Waals surface area contributed by atoms with Crippen molar-refractivity contribution >= 4 is 5.91 Å². The molecule has 0 fully saturated rings. The summed E-state index contributed by atoms with van der Waals surface area (Å²) in [5.74, 6) is 0.838. The molecule has 1 amide bonds. The minimum Gasteiger partial charge on any atom is -0.481 e. The van der Waals surface area contributed by atoms with Crippen molar-refractivity contribution in [3.05, 3.63) is 60.2 Å². The monoisotopic (exact) mass is 324 g/mol. The maximum Gasteiger partial charge on any atom is 0.254 e. The predicted octanol–water partition coefficient (Wildman–Crippen LogP) is 2.41. The van der Waals surface area contributed by atoms with Crippen LogP contribution in [0.15, 0.2) is 53.4 Å². The number of amides is 1. The topological polar surface area (TPSA) is 81.4 Å². The molecule has 0 spiro atoms. The minimum atomic E-state index is -0.155. The van der Waals surface area contributed by atoms with E-state index in [9.17, 15) is 4.79 Å². The van der Waals surface area contributed by atoms with E-state index in [1.54, 1.807) is 36.5 Å². The van der Waals surface area contributed by atoms with E-state index in [4.69, 9.17) is 9.26 Å². The van der Waals surface area contributed by atoms with Crippen LogP contribution in [0.1, 0.15) is 16.1 Å². The highest BCUT2D eigenvalue weighted by molar-refractivity contribution is 5.94. The third kappa shape index (κ3) is 3.40. The molecule has 0 bridgehead atoms. The van der Waals surface area contributed by atoms with Gasteiger partial charge in [0.2, 0.25) is 5.88 Å². The Hall–Kier alpha value is -3.22. The van der Waals surface area contributed by atoms with Gasteiger partial charge in [-0.05, 0) is 18.2 Å². The Labute approximate surface area is 138 Å².